The van der Waals surface area contributed by atoms with Crippen LogP contribution >= 0.6 is 0 Å². The number of benzene rings is 1. The SMILES string of the molecule is COc1ccc(N2CC(C(=O)N(C3CCCC3)C3CC3)CC2=O)cc1. The number of amides is 2. The molecule has 0 N–H and O–H groups in total. The lowest BCUT2D eigenvalue weighted by Crippen LogP contribution is -2.44. The van der Waals surface area contributed by atoms with Crippen LogP contribution in [0.25, 0.3) is 0 Å². The van der Waals surface area contributed by atoms with Crippen molar-refractivity contribution in [2.75, 3.05) is 18.6 Å². The van der Waals surface area contributed by atoms with Gasteiger partial charge in [-0.15, -0.1) is 0 Å². The van der Waals surface area contributed by atoms with E-state index in [1.165, 1.54) is 12.8 Å². The molecular formula is C20H26N2O3. The third kappa shape index (κ3) is 3.24. The van der Waals surface area contributed by atoms with Gasteiger partial charge in [0.25, 0.3) is 0 Å². The summed E-state index contributed by atoms with van der Waals surface area (Å²) in [6.07, 6.45) is 7.30. The molecule has 0 aromatic heterocycles. The molecule has 3 fully saturated rings. The lowest BCUT2D eigenvalue weighted by molar-refractivity contribution is -0.138. The summed E-state index contributed by atoms with van der Waals surface area (Å²) in [4.78, 5) is 29.6. The van der Waals surface area contributed by atoms with Gasteiger partial charge in [-0.3, -0.25) is 9.59 Å². The number of carbonyl (C=O) groups is 2. The van der Waals surface area contributed by atoms with Crippen LogP contribution < -0.4 is 9.64 Å². The van der Waals surface area contributed by atoms with E-state index < -0.39 is 0 Å². The van der Waals surface area contributed by atoms with Crippen molar-refractivity contribution in [3.8, 4) is 5.75 Å². The van der Waals surface area contributed by atoms with Gasteiger partial charge in [0.05, 0.1) is 13.0 Å². The van der Waals surface area contributed by atoms with E-state index in [0.717, 1.165) is 37.1 Å². The Morgan fingerprint density at radius 3 is 2.32 bits per heavy atom. The van der Waals surface area contributed by atoms with Gasteiger partial charge in [-0.1, -0.05) is 12.8 Å². The van der Waals surface area contributed by atoms with Gasteiger partial charge in [0, 0.05) is 30.7 Å². The first-order chi connectivity index (χ1) is 12.2. The Balaban J connectivity index is 1.47. The normalized spacial score (nSPS) is 24.0. The number of carbonyl (C=O) groups excluding carboxylic acids is 2. The van der Waals surface area contributed by atoms with Crippen LogP contribution in [0.4, 0.5) is 5.69 Å². The second-order valence-corrected chi connectivity index (χ2v) is 7.52. The number of hydrogen-bond acceptors (Lipinski definition) is 3. The molecule has 25 heavy (non-hydrogen) atoms. The number of nitrogens with zero attached hydrogens (tertiary/aromatic N) is 2. The fraction of sp³-hybridized carbons (Fsp3) is 0.600. The molecule has 1 aromatic carbocycles. The maximum Gasteiger partial charge on any atom is 0.228 e. The lowest BCUT2D eigenvalue weighted by atomic mass is 10.0. The van der Waals surface area contributed by atoms with Crippen molar-refractivity contribution >= 4 is 17.5 Å². The Hall–Kier alpha value is -2.04. The van der Waals surface area contributed by atoms with E-state index in [1.54, 1.807) is 12.0 Å². The zero-order chi connectivity index (χ0) is 17.4. The Kier molecular flexibility index (Phi) is 4.40. The predicted octanol–water partition coefficient (Wildman–Crippen LogP) is 2.98. The summed E-state index contributed by atoms with van der Waals surface area (Å²) in [5, 5.41) is 0. The van der Waals surface area contributed by atoms with Gasteiger partial charge in [-0.2, -0.15) is 0 Å². The molecule has 2 aliphatic carbocycles. The van der Waals surface area contributed by atoms with Crippen molar-refractivity contribution in [3.63, 3.8) is 0 Å². The third-order valence-electron chi connectivity index (χ3n) is 5.77. The van der Waals surface area contributed by atoms with Crippen molar-refractivity contribution in [1.82, 2.24) is 4.90 Å². The first-order valence-electron chi connectivity index (χ1n) is 9.44. The number of rotatable bonds is 5. The van der Waals surface area contributed by atoms with Gasteiger partial charge in [-0.05, 0) is 49.9 Å². The van der Waals surface area contributed by atoms with Gasteiger partial charge < -0.3 is 14.5 Å². The van der Waals surface area contributed by atoms with E-state index in [9.17, 15) is 9.59 Å². The largest absolute Gasteiger partial charge is 0.497 e. The number of anilines is 1. The maximum absolute atomic E-state index is 13.2. The van der Waals surface area contributed by atoms with Crippen LogP contribution in [0.2, 0.25) is 0 Å². The molecule has 0 spiro atoms. The van der Waals surface area contributed by atoms with E-state index in [-0.39, 0.29) is 17.7 Å². The molecule has 1 unspecified atom stereocenters. The van der Waals surface area contributed by atoms with Crippen molar-refractivity contribution in [2.24, 2.45) is 5.92 Å². The molecule has 2 saturated carbocycles. The third-order valence-corrected chi connectivity index (χ3v) is 5.77. The molecule has 1 saturated heterocycles. The standard InChI is InChI=1S/C20H26N2O3/c1-25-18-10-8-15(9-11-18)21-13-14(12-19(21)23)20(24)22(17-6-7-17)16-4-2-3-5-16/h8-11,14,16-17H,2-7,12-13H2,1H3. The fourth-order valence-electron chi connectivity index (χ4n) is 4.29. The van der Waals surface area contributed by atoms with E-state index in [1.807, 2.05) is 24.3 Å². The van der Waals surface area contributed by atoms with Gasteiger partial charge in [0.15, 0.2) is 0 Å². The highest BCUT2D eigenvalue weighted by molar-refractivity contribution is 6.00. The van der Waals surface area contributed by atoms with Gasteiger partial charge in [-0.25, -0.2) is 0 Å². The van der Waals surface area contributed by atoms with Gasteiger partial charge in [0.1, 0.15) is 5.75 Å². The van der Waals surface area contributed by atoms with E-state index in [0.29, 0.717) is 25.0 Å². The van der Waals surface area contributed by atoms with Crippen LogP contribution in [0.15, 0.2) is 24.3 Å². The second kappa shape index (κ2) is 6.70. The highest BCUT2D eigenvalue weighted by atomic mass is 16.5. The van der Waals surface area contributed by atoms with E-state index >= 15 is 0 Å². The highest BCUT2D eigenvalue weighted by Gasteiger charge is 2.44. The number of hydrogen-bond donors (Lipinski definition) is 0. The molecule has 1 atom stereocenters. The molecule has 1 aromatic rings. The number of ether oxygens (including phenoxy) is 1. The first-order valence-corrected chi connectivity index (χ1v) is 9.44. The van der Waals surface area contributed by atoms with Crippen molar-refractivity contribution < 1.29 is 14.3 Å². The summed E-state index contributed by atoms with van der Waals surface area (Å²) in [6.45, 7) is 0.500. The van der Waals surface area contributed by atoms with Crippen molar-refractivity contribution in [2.45, 2.75) is 57.0 Å². The molecule has 5 heteroatoms. The molecule has 0 radical (unpaired) electrons. The van der Waals surface area contributed by atoms with Crippen LogP contribution in [0, 0.1) is 5.92 Å². The lowest BCUT2D eigenvalue weighted by Gasteiger charge is -2.31. The van der Waals surface area contributed by atoms with Gasteiger partial charge in [0.2, 0.25) is 11.8 Å². The summed E-state index contributed by atoms with van der Waals surface area (Å²) < 4.78 is 5.18. The Bertz CT molecular complexity index is 647. The topological polar surface area (TPSA) is 49.9 Å². The summed E-state index contributed by atoms with van der Waals surface area (Å²) in [6, 6.07) is 8.32. The first kappa shape index (κ1) is 16.4. The Labute approximate surface area is 148 Å². The average Bonchev–Trinajstić information content (AvgIpc) is 3.16. The van der Waals surface area contributed by atoms with E-state index in [2.05, 4.69) is 4.90 Å². The minimum atomic E-state index is -0.198. The smallest absolute Gasteiger partial charge is 0.228 e. The Morgan fingerprint density at radius 2 is 1.72 bits per heavy atom. The molecule has 4 rings (SSSR count). The Morgan fingerprint density at radius 1 is 1.08 bits per heavy atom. The van der Waals surface area contributed by atoms with Crippen LogP contribution in [-0.2, 0) is 9.59 Å². The predicted molar refractivity (Wildman–Crippen MR) is 95.6 cm³/mol. The van der Waals surface area contributed by atoms with Crippen LogP contribution in [0.3, 0.4) is 0 Å². The quantitative estimate of drug-likeness (QED) is 0.826. The minimum Gasteiger partial charge on any atom is -0.497 e. The summed E-state index contributed by atoms with van der Waals surface area (Å²) >= 11 is 0. The number of methoxy groups -OCH3 is 1. The molecule has 1 aliphatic heterocycles. The molecule has 5 nitrogen and oxygen atoms in total. The molecule has 1 heterocycles. The molecule has 2 amide bonds. The second-order valence-electron chi connectivity index (χ2n) is 7.52. The highest BCUT2D eigenvalue weighted by Crippen LogP contribution is 2.37. The van der Waals surface area contributed by atoms with Crippen LogP contribution in [0.1, 0.15) is 44.9 Å². The maximum atomic E-state index is 13.2. The molecule has 3 aliphatic rings. The zero-order valence-corrected chi connectivity index (χ0v) is 14.8. The summed E-state index contributed by atoms with van der Waals surface area (Å²) in [5.41, 5.74) is 0.847. The van der Waals surface area contributed by atoms with Crippen LogP contribution in [0.5, 0.6) is 5.75 Å². The molecule has 134 valence electrons. The minimum absolute atomic E-state index is 0.0469. The van der Waals surface area contributed by atoms with Gasteiger partial charge >= 0.3 is 0 Å². The van der Waals surface area contributed by atoms with Crippen molar-refractivity contribution in [1.29, 1.82) is 0 Å². The monoisotopic (exact) mass is 342 g/mol. The summed E-state index contributed by atoms with van der Waals surface area (Å²) in [7, 11) is 1.63. The summed E-state index contributed by atoms with van der Waals surface area (Å²) in [5.74, 6) is 0.824. The fourth-order valence-corrected chi connectivity index (χ4v) is 4.29. The van der Waals surface area contributed by atoms with Crippen LogP contribution in [-0.4, -0.2) is 42.5 Å². The zero-order valence-electron chi connectivity index (χ0n) is 14.8. The molecule has 0 bridgehead atoms. The average molecular weight is 342 g/mol. The van der Waals surface area contributed by atoms with E-state index in [4.69, 9.17) is 4.74 Å². The van der Waals surface area contributed by atoms with Crippen molar-refractivity contribution in [3.05, 3.63) is 24.3 Å². The molecular weight excluding hydrogens is 316 g/mol.